The number of nitrogens with one attached hydrogen (secondary N) is 1. The molecule has 16 heavy (non-hydrogen) atoms. The van der Waals surface area contributed by atoms with Gasteiger partial charge in [-0.05, 0) is 12.1 Å². The van der Waals surface area contributed by atoms with Crippen molar-refractivity contribution in [2.45, 2.75) is 0 Å². The van der Waals surface area contributed by atoms with E-state index < -0.39 is 34.1 Å². The summed E-state index contributed by atoms with van der Waals surface area (Å²) in [5.74, 6) is -4.08. The number of carboxylic acids is 1. The van der Waals surface area contributed by atoms with Crippen LogP contribution in [0.2, 0.25) is 0 Å². The first-order valence-corrected chi connectivity index (χ1v) is 4.25. The smallest absolute Gasteiger partial charge is 0.339 e. The first-order valence-electron chi connectivity index (χ1n) is 4.25. The molecule has 0 unspecified atom stereocenters. The Morgan fingerprint density at radius 1 is 1.31 bits per heavy atom. The standard InChI is InChI=1S/C10H5F2NO3/c11-4-2-1-3-5-6(4)7(10(15)16)8(12)9(14)13-5/h1-3H,(H,13,14)(H,15,16). The number of carboxylic acid groups (broad SMARTS) is 1. The lowest BCUT2D eigenvalue weighted by atomic mass is 10.1. The van der Waals surface area contributed by atoms with E-state index in [9.17, 15) is 18.4 Å². The van der Waals surface area contributed by atoms with Gasteiger partial charge in [-0.2, -0.15) is 4.39 Å². The third kappa shape index (κ3) is 1.35. The van der Waals surface area contributed by atoms with E-state index in [0.717, 1.165) is 6.07 Å². The van der Waals surface area contributed by atoms with Crippen LogP contribution in [0.4, 0.5) is 8.78 Å². The van der Waals surface area contributed by atoms with Gasteiger partial charge < -0.3 is 10.1 Å². The summed E-state index contributed by atoms with van der Waals surface area (Å²) in [5, 5.41) is 8.32. The van der Waals surface area contributed by atoms with Crippen LogP contribution >= 0.6 is 0 Å². The molecule has 0 atom stereocenters. The Balaban J connectivity index is 3.09. The lowest BCUT2D eigenvalue weighted by Crippen LogP contribution is -2.17. The number of aromatic carboxylic acids is 1. The first-order chi connectivity index (χ1) is 7.52. The van der Waals surface area contributed by atoms with Crippen molar-refractivity contribution in [3.63, 3.8) is 0 Å². The topological polar surface area (TPSA) is 70.2 Å². The van der Waals surface area contributed by atoms with Gasteiger partial charge in [0.15, 0.2) is 0 Å². The summed E-state index contributed by atoms with van der Waals surface area (Å²) >= 11 is 0. The Morgan fingerprint density at radius 2 is 2.00 bits per heavy atom. The maximum atomic E-state index is 13.4. The van der Waals surface area contributed by atoms with E-state index in [1.807, 2.05) is 0 Å². The predicted octanol–water partition coefficient (Wildman–Crippen LogP) is 1.50. The highest BCUT2D eigenvalue weighted by atomic mass is 19.1. The fourth-order valence-electron chi connectivity index (χ4n) is 1.48. The molecule has 0 saturated heterocycles. The van der Waals surface area contributed by atoms with Crippen LogP contribution in [0, 0.1) is 11.6 Å². The number of hydrogen-bond donors (Lipinski definition) is 2. The van der Waals surface area contributed by atoms with Crippen LogP contribution in [0.3, 0.4) is 0 Å². The molecule has 0 fully saturated rings. The second-order valence-corrected chi connectivity index (χ2v) is 3.11. The van der Waals surface area contributed by atoms with Crippen LogP contribution in [-0.2, 0) is 0 Å². The van der Waals surface area contributed by atoms with Gasteiger partial charge in [-0.3, -0.25) is 4.79 Å². The van der Waals surface area contributed by atoms with Crippen LogP contribution in [0.25, 0.3) is 10.9 Å². The van der Waals surface area contributed by atoms with Crippen LogP contribution in [-0.4, -0.2) is 16.1 Å². The zero-order chi connectivity index (χ0) is 11.9. The fourth-order valence-corrected chi connectivity index (χ4v) is 1.48. The minimum Gasteiger partial charge on any atom is -0.478 e. The average Bonchev–Trinajstić information content (AvgIpc) is 2.20. The maximum Gasteiger partial charge on any atom is 0.339 e. The first kappa shape index (κ1) is 10.3. The van der Waals surface area contributed by atoms with Crippen LogP contribution in [0.1, 0.15) is 10.4 Å². The summed E-state index contributed by atoms with van der Waals surface area (Å²) in [6, 6.07) is 3.58. The highest BCUT2D eigenvalue weighted by molar-refractivity contribution is 6.02. The minimum absolute atomic E-state index is 0.0520. The SMILES string of the molecule is O=C(O)c1c(F)c(=O)[nH]c2cccc(F)c12. The molecule has 0 aliphatic carbocycles. The van der Waals surface area contributed by atoms with Gasteiger partial charge in [-0.25, -0.2) is 9.18 Å². The number of hydrogen-bond acceptors (Lipinski definition) is 2. The molecule has 82 valence electrons. The van der Waals surface area contributed by atoms with Crippen molar-refractivity contribution in [1.82, 2.24) is 4.98 Å². The quantitative estimate of drug-likeness (QED) is 0.772. The van der Waals surface area contributed by atoms with Gasteiger partial charge in [0.05, 0.1) is 10.9 Å². The summed E-state index contributed by atoms with van der Waals surface area (Å²) in [4.78, 5) is 23.9. The van der Waals surface area contributed by atoms with Gasteiger partial charge in [0.25, 0.3) is 5.56 Å². The van der Waals surface area contributed by atoms with E-state index in [-0.39, 0.29) is 5.52 Å². The molecule has 0 radical (unpaired) electrons. The average molecular weight is 225 g/mol. The lowest BCUT2D eigenvalue weighted by Gasteiger charge is -2.04. The highest BCUT2D eigenvalue weighted by Crippen LogP contribution is 2.20. The Kier molecular flexibility index (Phi) is 2.19. The summed E-state index contributed by atoms with van der Waals surface area (Å²) in [5.41, 5.74) is -2.18. The highest BCUT2D eigenvalue weighted by Gasteiger charge is 2.20. The van der Waals surface area contributed by atoms with Crippen molar-refractivity contribution in [1.29, 1.82) is 0 Å². The molecule has 1 aromatic carbocycles. The predicted molar refractivity (Wildman–Crippen MR) is 51.4 cm³/mol. The third-order valence-corrected chi connectivity index (χ3v) is 2.14. The summed E-state index contributed by atoms with van der Waals surface area (Å²) in [7, 11) is 0. The second kappa shape index (κ2) is 3.41. The minimum atomic E-state index is -1.68. The number of H-pyrrole nitrogens is 1. The molecular formula is C10H5F2NO3. The summed E-state index contributed by atoms with van der Waals surface area (Å²) in [6.45, 7) is 0. The van der Waals surface area contributed by atoms with Gasteiger partial charge in [0.2, 0.25) is 5.82 Å². The van der Waals surface area contributed by atoms with Crippen molar-refractivity contribution in [3.05, 3.63) is 45.8 Å². The molecule has 2 rings (SSSR count). The molecule has 0 aliphatic rings. The molecule has 1 aromatic heterocycles. The Morgan fingerprint density at radius 3 is 2.62 bits per heavy atom. The number of carbonyl (C=O) groups is 1. The fraction of sp³-hybridized carbons (Fsp3) is 0. The van der Waals surface area contributed by atoms with Crippen molar-refractivity contribution >= 4 is 16.9 Å². The van der Waals surface area contributed by atoms with Crippen molar-refractivity contribution in [2.75, 3.05) is 0 Å². The van der Waals surface area contributed by atoms with Gasteiger partial charge >= 0.3 is 5.97 Å². The van der Waals surface area contributed by atoms with Crippen LogP contribution in [0.5, 0.6) is 0 Å². The number of fused-ring (bicyclic) bond motifs is 1. The molecule has 0 bridgehead atoms. The Hall–Kier alpha value is -2.24. The lowest BCUT2D eigenvalue weighted by molar-refractivity contribution is 0.0693. The van der Waals surface area contributed by atoms with Gasteiger partial charge in [0, 0.05) is 0 Å². The maximum absolute atomic E-state index is 13.4. The third-order valence-electron chi connectivity index (χ3n) is 2.14. The van der Waals surface area contributed by atoms with Crippen LogP contribution in [0.15, 0.2) is 23.0 Å². The summed E-state index contributed by atoms with van der Waals surface area (Å²) < 4.78 is 26.6. The van der Waals surface area contributed by atoms with E-state index in [1.54, 1.807) is 0 Å². The van der Waals surface area contributed by atoms with Gasteiger partial charge in [-0.1, -0.05) is 6.07 Å². The molecule has 0 spiro atoms. The monoisotopic (exact) mass is 225 g/mol. The van der Waals surface area contributed by atoms with Crippen molar-refractivity contribution in [2.24, 2.45) is 0 Å². The normalized spacial score (nSPS) is 10.6. The second-order valence-electron chi connectivity index (χ2n) is 3.11. The van der Waals surface area contributed by atoms with Crippen LogP contribution < -0.4 is 5.56 Å². The molecule has 0 amide bonds. The molecule has 2 aromatic rings. The summed E-state index contributed by atoms with van der Waals surface area (Å²) in [6.07, 6.45) is 0. The van der Waals surface area contributed by atoms with E-state index in [4.69, 9.17) is 5.11 Å². The zero-order valence-corrected chi connectivity index (χ0v) is 7.75. The number of pyridine rings is 1. The zero-order valence-electron chi connectivity index (χ0n) is 7.75. The van der Waals surface area contributed by atoms with Gasteiger partial charge in [-0.15, -0.1) is 0 Å². The van der Waals surface area contributed by atoms with Crippen molar-refractivity contribution in [3.8, 4) is 0 Å². The Labute approximate surface area is 87.1 Å². The molecule has 4 nitrogen and oxygen atoms in total. The molecular weight excluding hydrogens is 220 g/mol. The van der Waals surface area contributed by atoms with Crippen molar-refractivity contribution < 1.29 is 18.7 Å². The largest absolute Gasteiger partial charge is 0.478 e. The number of halogens is 2. The van der Waals surface area contributed by atoms with E-state index in [0.29, 0.717) is 0 Å². The van der Waals surface area contributed by atoms with E-state index >= 15 is 0 Å². The molecule has 6 heteroatoms. The Bertz CT molecular complexity index is 648. The molecule has 0 saturated carbocycles. The number of rotatable bonds is 1. The number of benzene rings is 1. The van der Waals surface area contributed by atoms with E-state index in [2.05, 4.69) is 4.98 Å². The molecule has 1 heterocycles. The number of aromatic amines is 1. The molecule has 0 aliphatic heterocycles. The number of aromatic nitrogens is 1. The van der Waals surface area contributed by atoms with Gasteiger partial charge in [0.1, 0.15) is 11.4 Å². The van der Waals surface area contributed by atoms with E-state index in [1.165, 1.54) is 12.1 Å². The molecule has 2 N–H and O–H groups in total.